The Morgan fingerprint density at radius 2 is 1.14 bits per heavy atom. The molecule has 7 rings (SSSR count). The highest BCUT2D eigenvalue weighted by molar-refractivity contribution is 7.62. The summed E-state index contributed by atoms with van der Waals surface area (Å²) < 4.78 is 0. The molecule has 1 fully saturated rings. The predicted molar refractivity (Wildman–Crippen MR) is 150 cm³/mol. The molecule has 0 unspecified atom stereocenters. The van der Waals surface area contributed by atoms with Crippen molar-refractivity contribution in [2.45, 2.75) is 24.3 Å². The molecule has 3 heterocycles. The van der Waals surface area contributed by atoms with Crippen LogP contribution in [-0.4, -0.2) is 28.7 Å². The first-order valence-electron chi connectivity index (χ1n) is 12.1. The Kier molecular flexibility index (Phi) is 4.91. The van der Waals surface area contributed by atoms with Crippen molar-refractivity contribution in [2.24, 2.45) is 0 Å². The predicted octanol–water partition coefficient (Wildman–Crippen LogP) is 9.27. The lowest BCUT2D eigenvalue weighted by molar-refractivity contribution is 0.142. The lowest BCUT2D eigenvalue weighted by Crippen LogP contribution is -2.34. The molecule has 35 heavy (non-hydrogen) atoms. The van der Waals surface area contributed by atoms with E-state index in [-0.39, 0.29) is 6.04 Å². The standard InChI is InChI=1S/C30H25NO2P2/c32-30(33)31-18-21(35-28-15-7-3-11-24(28)25-12-4-8-16-29(25)35)17-20(31)19-34-26-13-5-1-9-22(26)23-10-2-6-14-27(23)34/h1-16,20-21H,17-19H2,(H,32,33)/t20-,21-/m0/s1. The number of rotatable bonds is 3. The van der Waals surface area contributed by atoms with Gasteiger partial charge in [-0.1, -0.05) is 97.1 Å². The molecule has 0 aliphatic carbocycles. The fraction of sp³-hybridized carbons (Fsp3) is 0.167. The van der Waals surface area contributed by atoms with Crippen LogP contribution in [0.15, 0.2) is 97.1 Å². The quantitative estimate of drug-likeness (QED) is 0.267. The highest BCUT2D eigenvalue weighted by Crippen LogP contribution is 2.60. The smallest absolute Gasteiger partial charge is 0.407 e. The molecule has 1 N–H and O–H groups in total. The van der Waals surface area contributed by atoms with Gasteiger partial charge in [0.05, 0.1) is 0 Å². The Morgan fingerprint density at radius 3 is 1.63 bits per heavy atom. The first-order valence-corrected chi connectivity index (χ1v) is 15.1. The number of fused-ring (bicyclic) bond motifs is 6. The summed E-state index contributed by atoms with van der Waals surface area (Å²) in [6.07, 6.45) is 1.06. The monoisotopic (exact) mass is 493 g/mol. The molecule has 4 aromatic carbocycles. The van der Waals surface area contributed by atoms with Gasteiger partial charge >= 0.3 is 6.09 Å². The molecule has 2 atom stereocenters. The highest BCUT2D eigenvalue weighted by atomic mass is 31.1. The van der Waals surface area contributed by atoms with Crippen molar-refractivity contribution in [1.29, 1.82) is 0 Å². The van der Waals surface area contributed by atoms with Gasteiger partial charge in [-0.15, -0.1) is 15.1 Å². The number of likely N-dealkylation sites (tertiary alicyclic amines) is 1. The van der Waals surface area contributed by atoms with Gasteiger partial charge in [-0.3, -0.25) is 0 Å². The molecule has 0 saturated carbocycles. The van der Waals surface area contributed by atoms with E-state index in [1.54, 1.807) is 4.90 Å². The number of amides is 1. The van der Waals surface area contributed by atoms with E-state index >= 15 is 0 Å². The fourth-order valence-corrected chi connectivity index (χ4v) is 12.4. The van der Waals surface area contributed by atoms with Crippen LogP contribution in [0, 0.1) is 0 Å². The summed E-state index contributed by atoms with van der Waals surface area (Å²) >= 11 is 0. The Morgan fingerprint density at radius 1 is 0.714 bits per heavy atom. The molecule has 1 saturated heterocycles. The SMILES string of the molecule is O=C(O)N1C[C@@H](p2c3ccccc3c3ccccc32)C[C@H]1Cp1c2ccccc2c2ccccc21. The minimum Gasteiger partial charge on any atom is -0.465 e. The van der Waals surface area contributed by atoms with Gasteiger partial charge in [0.1, 0.15) is 0 Å². The lowest BCUT2D eigenvalue weighted by atomic mass is 10.2. The molecule has 1 amide bonds. The van der Waals surface area contributed by atoms with Crippen molar-refractivity contribution in [3.8, 4) is 0 Å². The number of hydrogen-bond donors (Lipinski definition) is 1. The van der Waals surface area contributed by atoms with E-state index < -0.39 is 21.2 Å². The van der Waals surface area contributed by atoms with Crippen LogP contribution in [0.1, 0.15) is 12.1 Å². The lowest BCUT2D eigenvalue weighted by Gasteiger charge is -2.21. The van der Waals surface area contributed by atoms with Crippen molar-refractivity contribution >= 4 is 63.2 Å². The van der Waals surface area contributed by atoms with E-state index in [1.165, 1.54) is 42.0 Å². The molecule has 172 valence electrons. The van der Waals surface area contributed by atoms with Gasteiger partial charge in [0.25, 0.3) is 0 Å². The minimum atomic E-state index is -0.774. The Balaban J connectivity index is 1.34. The number of carbonyl (C=O) groups is 1. The molecule has 0 radical (unpaired) electrons. The maximum absolute atomic E-state index is 12.5. The van der Waals surface area contributed by atoms with E-state index in [4.69, 9.17) is 0 Å². The number of nitrogens with zero attached hydrogens (tertiary/aromatic N) is 1. The molecule has 2 aromatic heterocycles. The van der Waals surface area contributed by atoms with Crippen molar-refractivity contribution in [3.63, 3.8) is 0 Å². The second-order valence-corrected chi connectivity index (χ2v) is 14.1. The van der Waals surface area contributed by atoms with E-state index in [2.05, 4.69) is 97.1 Å². The maximum atomic E-state index is 12.5. The van der Waals surface area contributed by atoms with Crippen molar-refractivity contribution in [2.75, 3.05) is 6.54 Å². The Bertz CT molecular complexity index is 1640. The van der Waals surface area contributed by atoms with Gasteiger partial charge in [-0.05, 0) is 28.0 Å². The van der Waals surface area contributed by atoms with Gasteiger partial charge in [-0.25, -0.2) is 4.79 Å². The zero-order chi connectivity index (χ0) is 23.5. The summed E-state index contributed by atoms with van der Waals surface area (Å²) in [4.78, 5) is 14.2. The van der Waals surface area contributed by atoms with Gasteiger partial charge in [0.2, 0.25) is 0 Å². The summed E-state index contributed by atoms with van der Waals surface area (Å²) in [6, 6.07) is 35.0. The topological polar surface area (TPSA) is 40.5 Å². The van der Waals surface area contributed by atoms with Crippen molar-refractivity contribution in [3.05, 3.63) is 97.1 Å². The molecule has 0 bridgehead atoms. The molecule has 1 aliphatic rings. The van der Waals surface area contributed by atoms with E-state index in [0.29, 0.717) is 12.2 Å². The van der Waals surface area contributed by atoms with Crippen LogP contribution in [0.2, 0.25) is 0 Å². The first kappa shape index (κ1) is 21.1. The molecule has 5 heteroatoms. The van der Waals surface area contributed by atoms with Gasteiger partial charge in [0.15, 0.2) is 0 Å². The summed E-state index contributed by atoms with van der Waals surface area (Å²) in [5, 5.41) is 21.2. The van der Waals surface area contributed by atoms with Crippen LogP contribution >= 0.6 is 15.1 Å². The van der Waals surface area contributed by atoms with Crippen molar-refractivity contribution < 1.29 is 9.90 Å². The van der Waals surface area contributed by atoms with Crippen LogP contribution < -0.4 is 0 Å². The second kappa shape index (κ2) is 8.16. The van der Waals surface area contributed by atoms with Crippen LogP contribution in [0.25, 0.3) is 42.0 Å². The summed E-state index contributed by atoms with van der Waals surface area (Å²) in [5.41, 5.74) is 0.346. The van der Waals surface area contributed by atoms with E-state index in [1.807, 2.05) is 0 Å². The average molecular weight is 493 g/mol. The van der Waals surface area contributed by atoms with Crippen LogP contribution in [0.3, 0.4) is 0 Å². The normalized spacial score (nSPS) is 18.3. The van der Waals surface area contributed by atoms with Crippen LogP contribution in [-0.2, 0) is 6.16 Å². The van der Waals surface area contributed by atoms with Crippen LogP contribution in [0.4, 0.5) is 4.79 Å². The van der Waals surface area contributed by atoms with Gasteiger partial charge in [0, 0.05) is 44.9 Å². The highest BCUT2D eigenvalue weighted by Gasteiger charge is 2.38. The van der Waals surface area contributed by atoms with E-state index in [9.17, 15) is 9.90 Å². The third-order valence-electron chi connectivity index (χ3n) is 7.69. The largest absolute Gasteiger partial charge is 0.465 e. The molecule has 6 aromatic rings. The second-order valence-electron chi connectivity index (χ2n) is 9.53. The van der Waals surface area contributed by atoms with Gasteiger partial charge < -0.3 is 10.0 Å². The Labute approximate surface area is 205 Å². The molecular weight excluding hydrogens is 468 g/mol. The minimum absolute atomic E-state index is 0.0465. The van der Waals surface area contributed by atoms with Crippen molar-refractivity contribution in [1.82, 2.24) is 4.90 Å². The molecule has 3 nitrogen and oxygen atoms in total. The number of carboxylic acid groups (broad SMARTS) is 1. The number of benzene rings is 4. The summed E-state index contributed by atoms with van der Waals surface area (Å²) in [5.74, 6) is 0. The van der Waals surface area contributed by atoms with Gasteiger partial charge in [-0.2, -0.15) is 0 Å². The zero-order valence-corrected chi connectivity index (χ0v) is 21.0. The van der Waals surface area contributed by atoms with E-state index in [0.717, 1.165) is 12.6 Å². The number of hydrogen-bond acceptors (Lipinski definition) is 1. The van der Waals surface area contributed by atoms with Crippen LogP contribution in [0.5, 0.6) is 0 Å². The first-order chi connectivity index (χ1) is 17.2. The summed E-state index contributed by atoms with van der Waals surface area (Å²) in [7, 11) is -1.15. The third-order valence-corrected chi connectivity index (χ3v) is 13.3. The zero-order valence-electron chi connectivity index (χ0n) is 19.2. The summed E-state index contributed by atoms with van der Waals surface area (Å²) in [6.45, 7) is 0.626. The molecule has 0 spiro atoms. The fourth-order valence-electron chi connectivity index (χ4n) is 6.24. The maximum Gasteiger partial charge on any atom is 0.407 e. The molecular formula is C30H25NO2P2. The molecule has 1 aliphatic heterocycles. The third kappa shape index (κ3) is 3.23. The Hall–Kier alpha value is -3.25. The average Bonchev–Trinajstić information content (AvgIpc) is 3.55.